The van der Waals surface area contributed by atoms with Crippen LogP contribution >= 0.6 is 0 Å². The van der Waals surface area contributed by atoms with Gasteiger partial charge in [-0.05, 0) is 50.3 Å². The summed E-state index contributed by atoms with van der Waals surface area (Å²) in [6, 6.07) is 6.01. The van der Waals surface area contributed by atoms with Gasteiger partial charge in [-0.2, -0.15) is 5.26 Å². The average molecular weight is 243 g/mol. The molecule has 0 heterocycles. The molecule has 3 heteroatoms. The van der Waals surface area contributed by atoms with Crippen LogP contribution in [0.15, 0.2) is 12.1 Å². The van der Waals surface area contributed by atoms with Gasteiger partial charge in [-0.15, -0.1) is 0 Å². The van der Waals surface area contributed by atoms with Crippen molar-refractivity contribution in [1.29, 1.82) is 5.26 Å². The lowest BCUT2D eigenvalue weighted by molar-refractivity contribution is 0.0744. The zero-order valence-corrected chi connectivity index (χ0v) is 11.0. The topological polar surface area (TPSA) is 50.1 Å². The monoisotopic (exact) mass is 243 g/mol. The quantitative estimate of drug-likeness (QED) is 0.766. The number of carbonyl (C=O) groups excluding carboxylic acids is 1. The van der Waals surface area contributed by atoms with E-state index >= 15 is 0 Å². The Morgan fingerprint density at radius 3 is 2.50 bits per heavy atom. The third kappa shape index (κ3) is 1.78. The van der Waals surface area contributed by atoms with E-state index < -0.39 is 5.41 Å². The Morgan fingerprint density at radius 2 is 2.06 bits per heavy atom. The summed E-state index contributed by atoms with van der Waals surface area (Å²) in [6.45, 7) is 3.86. The lowest BCUT2D eigenvalue weighted by atomic mass is 9.65. The summed E-state index contributed by atoms with van der Waals surface area (Å²) in [5.74, 6) is 0.504. The molecule has 0 aliphatic heterocycles. The summed E-state index contributed by atoms with van der Waals surface area (Å²) < 4.78 is 5.31. The second-order valence-electron chi connectivity index (χ2n) is 5.04. The Hall–Kier alpha value is -1.82. The largest absolute Gasteiger partial charge is 0.496 e. The number of Topliss-reactive ketones (excluding diaryl/α,β-unsaturated/α-hetero) is 1. The Balaban J connectivity index is 2.51. The molecule has 0 radical (unpaired) electrons. The molecule has 2 rings (SSSR count). The van der Waals surface area contributed by atoms with Gasteiger partial charge >= 0.3 is 0 Å². The van der Waals surface area contributed by atoms with Gasteiger partial charge in [0, 0.05) is 0 Å². The minimum absolute atomic E-state index is 0.0781. The Labute approximate surface area is 107 Å². The summed E-state index contributed by atoms with van der Waals surface area (Å²) in [5, 5.41) is 9.27. The number of hydrogen-bond acceptors (Lipinski definition) is 3. The van der Waals surface area contributed by atoms with Gasteiger partial charge in [-0.25, -0.2) is 0 Å². The summed E-state index contributed by atoms with van der Waals surface area (Å²) >= 11 is 0. The average Bonchev–Trinajstić information content (AvgIpc) is 2.26. The molecule has 0 spiro atoms. The van der Waals surface area contributed by atoms with Gasteiger partial charge in [0.05, 0.1) is 18.7 Å². The highest BCUT2D eigenvalue weighted by Crippen LogP contribution is 2.45. The summed E-state index contributed by atoms with van der Waals surface area (Å²) in [7, 11) is 1.56. The van der Waals surface area contributed by atoms with Gasteiger partial charge in [0.1, 0.15) is 11.2 Å². The number of benzene rings is 1. The summed E-state index contributed by atoms with van der Waals surface area (Å²) in [6.07, 6.45) is 2.28. The number of hydrogen-bond donors (Lipinski definition) is 0. The van der Waals surface area contributed by atoms with E-state index in [4.69, 9.17) is 4.74 Å². The molecule has 0 aromatic heterocycles. The highest BCUT2D eigenvalue weighted by Gasteiger charge is 2.46. The molecule has 18 heavy (non-hydrogen) atoms. The fourth-order valence-electron chi connectivity index (χ4n) is 2.54. The summed E-state index contributed by atoms with van der Waals surface area (Å²) in [4.78, 5) is 12.6. The van der Waals surface area contributed by atoms with Crippen LogP contribution in [0.25, 0.3) is 0 Å². The molecule has 1 aromatic rings. The highest BCUT2D eigenvalue weighted by atomic mass is 16.5. The van der Waals surface area contributed by atoms with E-state index in [2.05, 4.69) is 6.07 Å². The van der Waals surface area contributed by atoms with Gasteiger partial charge < -0.3 is 4.74 Å². The Bertz CT molecular complexity index is 536. The van der Waals surface area contributed by atoms with Crippen LogP contribution in [0.5, 0.6) is 5.75 Å². The number of methoxy groups -OCH3 is 1. The van der Waals surface area contributed by atoms with Crippen LogP contribution in [-0.4, -0.2) is 12.9 Å². The van der Waals surface area contributed by atoms with Crippen LogP contribution in [0.4, 0.5) is 0 Å². The number of ketones is 1. The molecule has 0 bridgehead atoms. The smallest absolute Gasteiger partial charge is 0.187 e. The van der Waals surface area contributed by atoms with Crippen molar-refractivity contribution < 1.29 is 9.53 Å². The first-order chi connectivity index (χ1) is 8.54. The van der Waals surface area contributed by atoms with E-state index in [0.717, 1.165) is 17.5 Å². The molecule has 3 nitrogen and oxygen atoms in total. The maximum atomic E-state index is 12.6. The first-order valence-corrected chi connectivity index (χ1v) is 6.15. The maximum Gasteiger partial charge on any atom is 0.187 e. The zero-order chi connectivity index (χ0) is 13.3. The Kier molecular flexibility index (Phi) is 3.13. The van der Waals surface area contributed by atoms with E-state index in [-0.39, 0.29) is 5.78 Å². The fraction of sp³-hybridized carbons (Fsp3) is 0.467. The molecular weight excluding hydrogens is 226 g/mol. The lowest BCUT2D eigenvalue weighted by Gasteiger charge is -2.34. The zero-order valence-electron chi connectivity index (χ0n) is 11.0. The predicted octanol–water partition coefficient (Wildman–Crippen LogP) is 3.19. The maximum absolute atomic E-state index is 12.6. The van der Waals surface area contributed by atoms with Crippen LogP contribution in [-0.2, 0) is 0 Å². The molecule has 0 unspecified atom stereocenters. The van der Waals surface area contributed by atoms with Gasteiger partial charge in [-0.3, -0.25) is 4.79 Å². The van der Waals surface area contributed by atoms with Crippen LogP contribution < -0.4 is 4.74 Å². The number of ether oxygens (including phenoxy) is 1. The van der Waals surface area contributed by atoms with Crippen LogP contribution in [0.1, 0.15) is 40.7 Å². The third-order valence-corrected chi connectivity index (χ3v) is 3.75. The molecule has 0 N–H and O–H groups in total. The number of nitriles is 1. The fourth-order valence-corrected chi connectivity index (χ4v) is 2.54. The van der Waals surface area contributed by atoms with Gasteiger partial charge in [-0.1, -0.05) is 6.07 Å². The molecule has 1 fully saturated rings. The molecule has 0 amide bonds. The van der Waals surface area contributed by atoms with Crippen molar-refractivity contribution >= 4 is 5.78 Å². The first kappa shape index (κ1) is 12.6. The number of rotatable bonds is 3. The Morgan fingerprint density at radius 1 is 1.39 bits per heavy atom. The number of aryl methyl sites for hydroxylation is 2. The molecule has 0 atom stereocenters. The van der Waals surface area contributed by atoms with E-state index in [0.29, 0.717) is 24.2 Å². The molecule has 94 valence electrons. The second kappa shape index (κ2) is 4.45. The molecule has 1 saturated carbocycles. The van der Waals surface area contributed by atoms with E-state index in [1.165, 1.54) is 0 Å². The van der Waals surface area contributed by atoms with Crippen LogP contribution in [0.2, 0.25) is 0 Å². The minimum atomic E-state index is -0.812. The molecular formula is C15H17NO2. The van der Waals surface area contributed by atoms with E-state index in [9.17, 15) is 10.1 Å². The normalized spacial score (nSPS) is 16.6. The number of carbonyl (C=O) groups is 1. The summed E-state index contributed by atoms with van der Waals surface area (Å²) in [5.41, 5.74) is 1.70. The standard InChI is InChI=1S/C15H17NO2/c1-10-7-11(2)13(12(8-10)18-3)14(17)15(9-16)5-4-6-15/h7-8H,4-6H2,1-3H3. The molecule has 0 saturated heterocycles. The SMILES string of the molecule is COc1cc(C)cc(C)c1C(=O)C1(C#N)CCC1. The van der Waals surface area contributed by atoms with Crippen LogP contribution in [0, 0.1) is 30.6 Å². The van der Waals surface area contributed by atoms with Crippen molar-refractivity contribution in [2.24, 2.45) is 5.41 Å². The van der Waals surface area contributed by atoms with E-state index in [1.807, 2.05) is 26.0 Å². The second-order valence-corrected chi connectivity index (χ2v) is 5.04. The van der Waals surface area contributed by atoms with Crippen molar-refractivity contribution in [2.75, 3.05) is 7.11 Å². The predicted molar refractivity (Wildman–Crippen MR) is 68.7 cm³/mol. The lowest BCUT2D eigenvalue weighted by Crippen LogP contribution is -2.37. The van der Waals surface area contributed by atoms with Gasteiger partial charge in [0.15, 0.2) is 5.78 Å². The molecule has 1 aliphatic rings. The van der Waals surface area contributed by atoms with E-state index in [1.54, 1.807) is 7.11 Å². The van der Waals surface area contributed by atoms with Crippen LogP contribution in [0.3, 0.4) is 0 Å². The van der Waals surface area contributed by atoms with Crippen molar-refractivity contribution in [3.63, 3.8) is 0 Å². The van der Waals surface area contributed by atoms with Crippen molar-refractivity contribution in [3.05, 3.63) is 28.8 Å². The minimum Gasteiger partial charge on any atom is -0.496 e. The molecule has 1 aromatic carbocycles. The van der Waals surface area contributed by atoms with Gasteiger partial charge in [0.25, 0.3) is 0 Å². The van der Waals surface area contributed by atoms with Crippen molar-refractivity contribution in [3.8, 4) is 11.8 Å². The third-order valence-electron chi connectivity index (χ3n) is 3.75. The van der Waals surface area contributed by atoms with Crippen molar-refractivity contribution in [2.45, 2.75) is 33.1 Å². The first-order valence-electron chi connectivity index (χ1n) is 6.15. The molecule has 1 aliphatic carbocycles. The highest BCUT2D eigenvalue weighted by molar-refractivity contribution is 6.06. The van der Waals surface area contributed by atoms with Gasteiger partial charge in [0.2, 0.25) is 0 Å². The number of nitrogens with zero attached hydrogens (tertiary/aromatic N) is 1. The van der Waals surface area contributed by atoms with Crippen molar-refractivity contribution in [1.82, 2.24) is 0 Å².